The molecule has 0 fully saturated rings. The lowest BCUT2D eigenvalue weighted by Crippen LogP contribution is -1.92. The molecule has 0 aliphatic carbocycles. The maximum atomic E-state index is 10.7. The molecular weight excluding hydrogens is 146 g/mol. The first kappa shape index (κ1) is 7.53. The third-order valence-corrected chi connectivity index (χ3v) is 1.25. The smallest absolute Gasteiger partial charge is 0.254 e. The van der Waals surface area contributed by atoms with Crippen LogP contribution in [0.2, 0.25) is 0 Å². The van der Waals surface area contributed by atoms with Crippen molar-refractivity contribution in [3.05, 3.63) is 17.8 Å². The highest BCUT2D eigenvalue weighted by molar-refractivity contribution is 5.94. The Kier molecular flexibility index (Phi) is 1.76. The number of hydrogen-bond donors (Lipinski definition) is 2. The van der Waals surface area contributed by atoms with Crippen LogP contribution in [0.15, 0.2) is 12.3 Å². The average molecular weight is 153 g/mol. The quantitative estimate of drug-likeness (QED) is 0.582. The molecule has 0 saturated carbocycles. The summed E-state index contributed by atoms with van der Waals surface area (Å²) in [6, 6.07) is 1.17. The van der Waals surface area contributed by atoms with Gasteiger partial charge in [0.15, 0.2) is 11.5 Å². The number of pyridine rings is 1. The predicted octanol–water partition coefficient (Wildman–Crippen LogP) is 0.695. The largest absolute Gasteiger partial charge is 0.503 e. The van der Waals surface area contributed by atoms with Crippen LogP contribution in [-0.4, -0.2) is 21.0 Å². The molecule has 0 bridgehead atoms. The molecular formula is C7H7NO3. The fourth-order valence-corrected chi connectivity index (χ4v) is 0.638. The fraction of sp³-hybridized carbons (Fsp3) is 0.143. The van der Waals surface area contributed by atoms with Crippen LogP contribution in [0, 0.1) is 0 Å². The van der Waals surface area contributed by atoms with Gasteiger partial charge in [0.2, 0.25) is 0 Å². The fourth-order valence-electron chi connectivity index (χ4n) is 0.638. The first-order valence-electron chi connectivity index (χ1n) is 3.00. The number of carbonyl (C=O) groups excluding carboxylic acids is 1. The van der Waals surface area contributed by atoms with Gasteiger partial charge in [-0.1, -0.05) is 0 Å². The van der Waals surface area contributed by atoms with E-state index in [1.54, 1.807) is 0 Å². The van der Waals surface area contributed by atoms with Crippen LogP contribution < -0.4 is 0 Å². The van der Waals surface area contributed by atoms with Gasteiger partial charge in [-0.3, -0.25) is 4.79 Å². The summed E-state index contributed by atoms with van der Waals surface area (Å²) in [6.07, 6.45) is 1.21. The predicted molar refractivity (Wildman–Crippen MR) is 37.6 cm³/mol. The van der Waals surface area contributed by atoms with Crippen molar-refractivity contribution in [1.29, 1.82) is 0 Å². The molecule has 0 amide bonds. The molecule has 1 heterocycles. The number of ketones is 1. The van der Waals surface area contributed by atoms with E-state index in [-0.39, 0.29) is 17.1 Å². The van der Waals surface area contributed by atoms with E-state index in [2.05, 4.69) is 4.98 Å². The zero-order chi connectivity index (χ0) is 8.43. The van der Waals surface area contributed by atoms with Crippen molar-refractivity contribution in [3.63, 3.8) is 0 Å². The highest BCUT2D eigenvalue weighted by Crippen LogP contribution is 2.21. The van der Waals surface area contributed by atoms with Crippen molar-refractivity contribution >= 4 is 5.78 Å². The van der Waals surface area contributed by atoms with E-state index in [1.807, 2.05) is 0 Å². The molecule has 0 aliphatic heterocycles. The van der Waals surface area contributed by atoms with E-state index in [0.29, 0.717) is 0 Å². The summed E-state index contributed by atoms with van der Waals surface area (Å²) in [5.41, 5.74) is 0.278. The summed E-state index contributed by atoms with van der Waals surface area (Å²) in [5, 5.41) is 17.6. The number of carbonyl (C=O) groups is 1. The van der Waals surface area contributed by atoms with E-state index in [4.69, 9.17) is 10.2 Å². The van der Waals surface area contributed by atoms with Crippen LogP contribution in [0.5, 0.6) is 11.6 Å². The molecule has 1 rings (SSSR count). The van der Waals surface area contributed by atoms with E-state index < -0.39 is 5.88 Å². The second kappa shape index (κ2) is 2.57. The first-order chi connectivity index (χ1) is 5.11. The van der Waals surface area contributed by atoms with E-state index in [1.165, 1.54) is 19.2 Å². The van der Waals surface area contributed by atoms with Crippen molar-refractivity contribution in [1.82, 2.24) is 4.98 Å². The number of Topliss-reactive ketones (excluding diaryl/α,β-unsaturated/α-hetero) is 1. The third kappa shape index (κ3) is 1.46. The van der Waals surface area contributed by atoms with Gasteiger partial charge in [-0.25, -0.2) is 4.98 Å². The van der Waals surface area contributed by atoms with Crippen LogP contribution in [-0.2, 0) is 0 Å². The van der Waals surface area contributed by atoms with Gasteiger partial charge < -0.3 is 10.2 Å². The summed E-state index contributed by atoms with van der Waals surface area (Å²) in [6.45, 7) is 1.35. The summed E-state index contributed by atoms with van der Waals surface area (Å²) in [5.74, 6) is -1.04. The summed E-state index contributed by atoms with van der Waals surface area (Å²) >= 11 is 0. The SMILES string of the molecule is CC(=O)c1cnc(O)c(O)c1. The number of nitrogens with zero attached hydrogens (tertiary/aromatic N) is 1. The van der Waals surface area contributed by atoms with Gasteiger partial charge >= 0.3 is 0 Å². The second-order valence-electron chi connectivity index (χ2n) is 2.12. The monoisotopic (exact) mass is 153 g/mol. The molecule has 2 N–H and O–H groups in total. The summed E-state index contributed by atoms with van der Waals surface area (Å²) in [4.78, 5) is 14.1. The van der Waals surface area contributed by atoms with Crippen LogP contribution in [0.1, 0.15) is 17.3 Å². The summed E-state index contributed by atoms with van der Waals surface area (Å²) in [7, 11) is 0. The van der Waals surface area contributed by atoms with E-state index in [0.717, 1.165) is 0 Å². The van der Waals surface area contributed by atoms with Crippen molar-refractivity contribution < 1.29 is 15.0 Å². The van der Waals surface area contributed by atoms with Gasteiger partial charge in [-0.2, -0.15) is 0 Å². The van der Waals surface area contributed by atoms with Crippen LogP contribution >= 0.6 is 0 Å². The minimum atomic E-state index is -0.463. The van der Waals surface area contributed by atoms with Crippen LogP contribution in [0.4, 0.5) is 0 Å². The Morgan fingerprint density at radius 2 is 2.18 bits per heavy atom. The molecule has 0 aromatic carbocycles. The molecule has 4 heteroatoms. The average Bonchev–Trinajstić information content (AvgIpc) is 1.94. The molecule has 11 heavy (non-hydrogen) atoms. The molecule has 0 aliphatic rings. The van der Waals surface area contributed by atoms with E-state index >= 15 is 0 Å². The Morgan fingerprint density at radius 3 is 2.64 bits per heavy atom. The number of aromatic nitrogens is 1. The van der Waals surface area contributed by atoms with Crippen LogP contribution in [0.25, 0.3) is 0 Å². The lowest BCUT2D eigenvalue weighted by atomic mass is 10.2. The zero-order valence-electron chi connectivity index (χ0n) is 5.90. The Bertz CT molecular complexity index is 296. The first-order valence-corrected chi connectivity index (χ1v) is 3.00. The van der Waals surface area contributed by atoms with Gasteiger partial charge in [0.25, 0.3) is 5.88 Å². The number of rotatable bonds is 1. The Hall–Kier alpha value is -1.58. The molecule has 4 nitrogen and oxygen atoms in total. The Labute approximate surface area is 63.1 Å². The van der Waals surface area contributed by atoms with Crippen molar-refractivity contribution in [2.75, 3.05) is 0 Å². The minimum absolute atomic E-state index is 0.201. The highest BCUT2D eigenvalue weighted by atomic mass is 16.3. The lowest BCUT2D eigenvalue weighted by Gasteiger charge is -1.97. The zero-order valence-corrected chi connectivity index (χ0v) is 5.90. The van der Waals surface area contributed by atoms with E-state index in [9.17, 15) is 4.79 Å². The number of hydrogen-bond acceptors (Lipinski definition) is 4. The van der Waals surface area contributed by atoms with Crippen molar-refractivity contribution in [3.8, 4) is 11.6 Å². The minimum Gasteiger partial charge on any atom is -0.503 e. The maximum Gasteiger partial charge on any atom is 0.254 e. The van der Waals surface area contributed by atoms with Crippen molar-refractivity contribution in [2.45, 2.75) is 6.92 Å². The lowest BCUT2D eigenvalue weighted by molar-refractivity contribution is 0.101. The summed E-state index contributed by atoms with van der Waals surface area (Å²) < 4.78 is 0. The third-order valence-electron chi connectivity index (χ3n) is 1.25. The molecule has 1 aromatic heterocycles. The molecule has 0 radical (unpaired) electrons. The normalized spacial score (nSPS) is 9.55. The Balaban J connectivity index is 3.15. The highest BCUT2D eigenvalue weighted by Gasteiger charge is 2.04. The van der Waals surface area contributed by atoms with Gasteiger partial charge in [0.1, 0.15) is 0 Å². The molecule has 0 unspecified atom stereocenters. The van der Waals surface area contributed by atoms with Crippen molar-refractivity contribution in [2.24, 2.45) is 0 Å². The van der Waals surface area contributed by atoms with Gasteiger partial charge in [-0.05, 0) is 13.0 Å². The Morgan fingerprint density at radius 1 is 1.55 bits per heavy atom. The molecule has 58 valence electrons. The number of aromatic hydroxyl groups is 2. The second-order valence-corrected chi connectivity index (χ2v) is 2.12. The topological polar surface area (TPSA) is 70.4 Å². The van der Waals surface area contributed by atoms with Gasteiger partial charge in [0.05, 0.1) is 0 Å². The molecule has 0 spiro atoms. The molecule has 0 saturated heterocycles. The van der Waals surface area contributed by atoms with Crippen LogP contribution in [0.3, 0.4) is 0 Å². The molecule has 1 aromatic rings. The molecule has 0 atom stereocenters. The maximum absolute atomic E-state index is 10.7. The standard InChI is InChI=1S/C7H7NO3/c1-4(9)5-2-6(10)7(11)8-3-5/h2-3,10H,1H3,(H,8,11). The van der Waals surface area contributed by atoms with Gasteiger partial charge in [0, 0.05) is 11.8 Å². The van der Waals surface area contributed by atoms with Gasteiger partial charge in [-0.15, -0.1) is 0 Å².